The maximum Gasteiger partial charge on any atom is 0.251 e. The average Bonchev–Trinajstić information content (AvgIpc) is 2.76. The second-order valence-corrected chi connectivity index (χ2v) is 6.69. The van der Waals surface area contributed by atoms with Gasteiger partial charge in [0, 0.05) is 17.7 Å². The molecular weight excluding hydrogens is 364 g/mol. The van der Waals surface area contributed by atoms with Crippen molar-refractivity contribution in [2.45, 2.75) is 19.4 Å². The molecule has 6 nitrogen and oxygen atoms in total. The number of nitrogens with two attached hydrogens (primary N) is 1. The fourth-order valence-electron chi connectivity index (χ4n) is 3.04. The molecule has 0 aliphatic carbocycles. The standard InChI is InChI=1S/C23H24N4O2/c1-16-19(13-8-14-20(16)27-24)25-23(29)21(15-17-9-4-2-5-10-17)26-22(28)18-11-6-3-7-12-18/h2-14,21,27H,15,24H2,1H3,(H,25,29)(H,26,28). The quantitative estimate of drug-likeness (QED) is 0.369. The Morgan fingerprint density at radius 3 is 2.14 bits per heavy atom. The van der Waals surface area contributed by atoms with Gasteiger partial charge in [-0.2, -0.15) is 0 Å². The fraction of sp³-hybridized carbons (Fsp3) is 0.130. The maximum atomic E-state index is 13.1. The van der Waals surface area contributed by atoms with Crippen LogP contribution in [-0.4, -0.2) is 17.9 Å². The second kappa shape index (κ2) is 9.52. The molecule has 0 bridgehead atoms. The minimum atomic E-state index is -0.737. The highest BCUT2D eigenvalue weighted by Crippen LogP contribution is 2.22. The fourth-order valence-corrected chi connectivity index (χ4v) is 3.04. The number of anilines is 2. The van der Waals surface area contributed by atoms with Gasteiger partial charge in [-0.25, -0.2) is 0 Å². The lowest BCUT2D eigenvalue weighted by molar-refractivity contribution is -0.118. The van der Waals surface area contributed by atoms with Crippen LogP contribution < -0.4 is 21.9 Å². The molecule has 1 atom stereocenters. The highest BCUT2D eigenvalue weighted by Gasteiger charge is 2.22. The van der Waals surface area contributed by atoms with E-state index in [0.717, 1.165) is 16.8 Å². The van der Waals surface area contributed by atoms with E-state index in [1.807, 2.05) is 49.4 Å². The van der Waals surface area contributed by atoms with Crippen LogP contribution in [-0.2, 0) is 11.2 Å². The zero-order valence-electron chi connectivity index (χ0n) is 16.2. The molecule has 3 aromatic carbocycles. The summed E-state index contributed by atoms with van der Waals surface area (Å²) in [5.74, 6) is 4.93. The van der Waals surface area contributed by atoms with E-state index in [1.165, 1.54) is 0 Å². The van der Waals surface area contributed by atoms with Gasteiger partial charge in [-0.15, -0.1) is 0 Å². The number of carbonyl (C=O) groups is 2. The summed E-state index contributed by atoms with van der Waals surface area (Å²) < 4.78 is 0. The van der Waals surface area contributed by atoms with E-state index >= 15 is 0 Å². The number of hydrazine groups is 1. The zero-order chi connectivity index (χ0) is 20.6. The summed E-state index contributed by atoms with van der Waals surface area (Å²) in [6.45, 7) is 1.86. The van der Waals surface area contributed by atoms with E-state index in [0.29, 0.717) is 17.7 Å². The third kappa shape index (κ3) is 5.21. The molecule has 29 heavy (non-hydrogen) atoms. The molecule has 0 radical (unpaired) electrons. The van der Waals surface area contributed by atoms with E-state index in [9.17, 15) is 9.59 Å². The third-order valence-corrected chi connectivity index (χ3v) is 4.69. The van der Waals surface area contributed by atoms with Crippen molar-refractivity contribution in [2.75, 3.05) is 10.7 Å². The highest BCUT2D eigenvalue weighted by molar-refractivity contribution is 6.01. The number of nitrogen functional groups attached to an aromatic ring is 1. The molecule has 0 aliphatic rings. The van der Waals surface area contributed by atoms with Crippen molar-refractivity contribution < 1.29 is 9.59 Å². The Morgan fingerprint density at radius 1 is 0.862 bits per heavy atom. The molecular formula is C23H24N4O2. The van der Waals surface area contributed by atoms with Crippen LogP contribution >= 0.6 is 0 Å². The Bertz CT molecular complexity index is 975. The summed E-state index contributed by atoms with van der Waals surface area (Å²) in [6, 6.07) is 23.1. The minimum absolute atomic E-state index is 0.296. The Labute approximate surface area is 170 Å². The van der Waals surface area contributed by atoms with Gasteiger partial charge in [-0.3, -0.25) is 15.4 Å². The van der Waals surface area contributed by atoms with Crippen LogP contribution in [0.2, 0.25) is 0 Å². The van der Waals surface area contributed by atoms with E-state index in [4.69, 9.17) is 5.84 Å². The normalized spacial score (nSPS) is 11.4. The molecule has 0 saturated carbocycles. The molecule has 0 fully saturated rings. The Balaban J connectivity index is 1.82. The lowest BCUT2D eigenvalue weighted by Crippen LogP contribution is -2.45. The molecule has 148 valence electrons. The van der Waals surface area contributed by atoms with Crippen molar-refractivity contribution in [2.24, 2.45) is 5.84 Å². The van der Waals surface area contributed by atoms with Crippen LogP contribution in [0.15, 0.2) is 78.9 Å². The summed E-state index contributed by atoms with van der Waals surface area (Å²) in [5.41, 5.74) is 6.24. The predicted molar refractivity (Wildman–Crippen MR) is 115 cm³/mol. The van der Waals surface area contributed by atoms with Gasteiger partial charge in [-0.05, 0) is 42.3 Å². The molecule has 0 aromatic heterocycles. The molecule has 0 heterocycles. The second-order valence-electron chi connectivity index (χ2n) is 6.69. The number of hydrogen-bond donors (Lipinski definition) is 4. The SMILES string of the molecule is Cc1c(NN)cccc1NC(=O)C(Cc1ccccc1)NC(=O)c1ccccc1. The molecule has 0 saturated heterocycles. The van der Waals surface area contributed by atoms with E-state index in [-0.39, 0.29) is 11.8 Å². The first-order valence-corrected chi connectivity index (χ1v) is 9.35. The molecule has 3 rings (SSSR count). The van der Waals surface area contributed by atoms with Crippen molar-refractivity contribution in [3.63, 3.8) is 0 Å². The largest absolute Gasteiger partial charge is 0.340 e. The Morgan fingerprint density at radius 2 is 1.48 bits per heavy atom. The summed E-state index contributed by atoms with van der Waals surface area (Å²) in [7, 11) is 0. The van der Waals surface area contributed by atoms with Crippen molar-refractivity contribution in [3.8, 4) is 0 Å². The predicted octanol–water partition coefficient (Wildman–Crippen LogP) is 3.26. The lowest BCUT2D eigenvalue weighted by Gasteiger charge is -2.20. The molecule has 0 spiro atoms. The first-order chi connectivity index (χ1) is 14.1. The van der Waals surface area contributed by atoms with Gasteiger partial charge in [0.15, 0.2) is 0 Å². The summed E-state index contributed by atoms with van der Waals surface area (Å²) in [5, 5.41) is 5.77. The van der Waals surface area contributed by atoms with Gasteiger partial charge >= 0.3 is 0 Å². The molecule has 1 unspecified atom stereocenters. The van der Waals surface area contributed by atoms with Crippen LogP contribution in [0.1, 0.15) is 21.5 Å². The summed E-state index contributed by atoms with van der Waals surface area (Å²) in [4.78, 5) is 25.7. The molecule has 3 aromatic rings. The number of amides is 2. The number of nitrogens with one attached hydrogen (secondary N) is 3. The van der Waals surface area contributed by atoms with E-state index in [2.05, 4.69) is 16.1 Å². The Kier molecular flexibility index (Phi) is 6.60. The van der Waals surface area contributed by atoms with Crippen LogP contribution in [0.3, 0.4) is 0 Å². The molecule has 6 heteroatoms. The molecule has 2 amide bonds. The van der Waals surface area contributed by atoms with Crippen LogP contribution in [0.5, 0.6) is 0 Å². The van der Waals surface area contributed by atoms with E-state index < -0.39 is 6.04 Å². The third-order valence-electron chi connectivity index (χ3n) is 4.69. The first kappa shape index (κ1) is 20.1. The zero-order valence-corrected chi connectivity index (χ0v) is 16.2. The Hall–Kier alpha value is -3.64. The molecule has 0 aliphatic heterocycles. The molecule has 5 N–H and O–H groups in total. The van der Waals surface area contributed by atoms with Crippen molar-refractivity contribution in [1.29, 1.82) is 0 Å². The van der Waals surface area contributed by atoms with Gasteiger partial charge in [-0.1, -0.05) is 54.6 Å². The smallest absolute Gasteiger partial charge is 0.251 e. The van der Waals surface area contributed by atoms with Gasteiger partial charge in [0.05, 0.1) is 5.69 Å². The number of hydrogen-bond acceptors (Lipinski definition) is 4. The lowest BCUT2D eigenvalue weighted by atomic mass is 10.0. The highest BCUT2D eigenvalue weighted by atomic mass is 16.2. The monoisotopic (exact) mass is 388 g/mol. The van der Waals surface area contributed by atoms with Crippen molar-refractivity contribution in [1.82, 2.24) is 5.32 Å². The topological polar surface area (TPSA) is 96.2 Å². The summed E-state index contributed by atoms with van der Waals surface area (Å²) in [6.07, 6.45) is 0.374. The summed E-state index contributed by atoms with van der Waals surface area (Å²) >= 11 is 0. The van der Waals surface area contributed by atoms with Crippen molar-refractivity contribution >= 4 is 23.2 Å². The van der Waals surface area contributed by atoms with E-state index in [1.54, 1.807) is 36.4 Å². The van der Waals surface area contributed by atoms with Gasteiger partial charge in [0.1, 0.15) is 6.04 Å². The van der Waals surface area contributed by atoms with Crippen LogP contribution in [0.4, 0.5) is 11.4 Å². The van der Waals surface area contributed by atoms with Crippen LogP contribution in [0.25, 0.3) is 0 Å². The van der Waals surface area contributed by atoms with Crippen molar-refractivity contribution in [3.05, 3.63) is 95.6 Å². The number of carbonyl (C=O) groups excluding carboxylic acids is 2. The van der Waals surface area contributed by atoms with Crippen LogP contribution in [0, 0.1) is 6.92 Å². The van der Waals surface area contributed by atoms with Gasteiger partial charge in [0.2, 0.25) is 5.91 Å². The minimum Gasteiger partial charge on any atom is -0.340 e. The number of benzene rings is 3. The maximum absolute atomic E-state index is 13.1. The number of rotatable bonds is 7. The van der Waals surface area contributed by atoms with Gasteiger partial charge < -0.3 is 16.1 Å². The first-order valence-electron chi connectivity index (χ1n) is 9.35. The van der Waals surface area contributed by atoms with Gasteiger partial charge in [0.25, 0.3) is 5.91 Å². The average molecular weight is 388 g/mol.